The summed E-state index contributed by atoms with van der Waals surface area (Å²) < 4.78 is 17.8. The van der Waals surface area contributed by atoms with Crippen LogP contribution >= 0.6 is 0 Å². The van der Waals surface area contributed by atoms with Crippen LogP contribution in [0.25, 0.3) is 0 Å². The van der Waals surface area contributed by atoms with Gasteiger partial charge in [0.2, 0.25) is 0 Å². The van der Waals surface area contributed by atoms with Gasteiger partial charge in [0.25, 0.3) is 0 Å². The third kappa shape index (κ3) is 3.81. The highest BCUT2D eigenvalue weighted by Crippen LogP contribution is 2.23. The molecular weight excluding hydrogens is 252 g/mol. The van der Waals surface area contributed by atoms with E-state index < -0.39 is 0 Å². The molecule has 0 radical (unpaired) electrons. The SMILES string of the molecule is CC[C@H]1O[C@@H](C(C)C)OC[C@H]1OCc1ccccc1C. The molecule has 1 aromatic carbocycles. The standard InChI is InChI=1S/C17H26O3/c1-5-15-16(11-19-17(20-15)12(2)3)18-10-14-9-7-6-8-13(14)4/h6-9,12,15-17H,5,10-11H2,1-4H3/t15-,16-,17+/m1/s1. The summed E-state index contributed by atoms with van der Waals surface area (Å²) in [5.41, 5.74) is 2.49. The lowest BCUT2D eigenvalue weighted by Gasteiger charge is -2.37. The Balaban J connectivity index is 1.91. The predicted molar refractivity (Wildman–Crippen MR) is 79.5 cm³/mol. The van der Waals surface area contributed by atoms with Crippen molar-refractivity contribution in [3.05, 3.63) is 35.4 Å². The second-order valence-electron chi connectivity index (χ2n) is 5.80. The molecule has 1 fully saturated rings. The van der Waals surface area contributed by atoms with Gasteiger partial charge in [-0.25, -0.2) is 0 Å². The molecule has 3 heteroatoms. The third-order valence-electron chi connectivity index (χ3n) is 3.81. The van der Waals surface area contributed by atoms with Gasteiger partial charge >= 0.3 is 0 Å². The lowest BCUT2D eigenvalue weighted by Crippen LogP contribution is -2.46. The van der Waals surface area contributed by atoms with Crippen molar-refractivity contribution < 1.29 is 14.2 Å². The van der Waals surface area contributed by atoms with Crippen LogP contribution in [0.4, 0.5) is 0 Å². The smallest absolute Gasteiger partial charge is 0.160 e. The third-order valence-corrected chi connectivity index (χ3v) is 3.81. The van der Waals surface area contributed by atoms with Gasteiger partial charge in [-0.1, -0.05) is 45.0 Å². The maximum atomic E-state index is 6.03. The first-order valence-corrected chi connectivity index (χ1v) is 7.55. The molecule has 3 nitrogen and oxygen atoms in total. The minimum absolute atomic E-state index is 0.0228. The van der Waals surface area contributed by atoms with Gasteiger partial charge in [0.15, 0.2) is 6.29 Å². The van der Waals surface area contributed by atoms with E-state index in [1.807, 2.05) is 12.1 Å². The number of aryl methyl sites for hydroxylation is 1. The molecular formula is C17H26O3. The van der Waals surface area contributed by atoms with Gasteiger partial charge in [0, 0.05) is 5.92 Å². The fraction of sp³-hybridized carbons (Fsp3) is 0.647. The van der Waals surface area contributed by atoms with Gasteiger partial charge in [0.05, 0.1) is 19.3 Å². The number of ether oxygens (including phenoxy) is 3. The Morgan fingerprint density at radius 2 is 2.05 bits per heavy atom. The zero-order valence-corrected chi connectivity index (χ0v) is 13.0. The minimum atomic E-state index is -0.0988. The van der Waals surface area contributed by atoms with Gasteiger partial charge < -0.3 is 14.2 Å². The Labute approximate surface area is 122 Å². The number of hydrogen-bond acceptors (Lipinski definition) is 3. The second-order valence-corrected chi connectivity index (χ2v) is 5.80. The Hall–Kier alpha value is -0.900. The average Bonchev–Trinajstić information content (AvgIpc) is 2.46. The Kier molecular flexibility index (Phi) is 5.58. The first kappa shape index (κ1) is 15.5. The fourth-order valence-electron chi connectivity index (χ4n) is 2.43. The van der Waals surface area contributed by atoms with Crippen LogP contribution in [0.5, 0.6) is 0 Å². The normalized spacial score (nSPS) is 26.9. The molecule has 0 bridgehead atoms. The highest BCUT2D eigenvalue weighted by molar-refractivity contribution is 5.24. The van der Waals surface area contributed by atoms with Crippen LogP contribution in [0.2, 0.25) is 0 Å². The van der Waals surface area contributed by atoms with E-state index in [1.54, 1.807) is 0 Å². The molecule has 1 saturated heterocycles. The maximum absolute atomic E-state index is 6.03. The first-order chi connectivity index (χ1) is 9.61. The molecule has 0 aromatic heterocycles. The zero-order valence-electron chi connectivity index (χ0n) is 13.0. The summed E-state index contributed by atoms with van der Waals surface area (Å²) >= 11 is 0. The van der Waals surface area contributed by atoms with Crippen LogP contribution < -0.4 is 0 Å². The molecule has 0 N–H and O–H groups in total. The van der Waals surface area contributed by atoms with Crippen molar-refractivity contribution in [3.63, 3.8) is 0 Å². The van der Waals surface area contributed by atoms with Gasteiger partial charge in [-0.05, 0) is 24.5 Å². The molecule has 1 heterocycles. The zero-order chi connectivity index (χ0) is 14.5. The van der Waals surface area contributed by atoms with Gasteiger partial charge in [-0.3, -0.25) is 0 Å². The molecule has 0 unspecified atom stereocenters. The Morgan fingerprint density at radius 3 is 2.70 bits per heavy atom. The van der Waals surface area contributed by atoms with Gasteiger partial charge in [-0.2, -0.15) is 0 Å². The van der Waals surface area contributed by atoms with Crippen molar-refractivity contribution in [2.75, 3.05) is 6.61 Å². The molecule has 0 aliphatic carbocycles. The van der Waals surface area contributed by atoms with Gasteiger partial charge in [0.1, 0.15) is 6.10 Å². The highest BCUT2D eigenvalue weighted by atomic mass is 16.7. The van der Waals surface area contributed by atoms with E-state index in [1.165, 1.54) is 11.1 Å². The Morgan fingerprint density at radius 1 is 1.30 bits per heavy atom. The van der Waals surface area contributed by atoms with E-state index in [0.29, 0.717) is 19.1 Å². The monoisotopic (exact) mass is 278 g/mol. The molecule has 20 heavy (non-hydrogen) atoms. The summed E-state index contributed by atoms with van der Waals surface area (Å²) in [4.78, 5) is 0. The van der Waals surface area contributed by atoms with Crippen molar-refractivity contribution in [2.45, 2.75) is 59.2 Å². The number of rotatable bonds is 5. The van der Waals surface area contributed by atoms with Crippen molar-refractivity contribution in [2.24, 2.45) is 5.92 Å². The van der Waals surface area contributed by atoms with Crippen LogP contribution in [0.3, 0.4) is 0 Å². The molecule has 112 valence electrons. The Bertz CT molecular complexity index is 416. The van der Waals surface area contributed by atoms with Crippen molar-refractivity contribution in [3.8, 4) is 0 Å². The molecule has 1 aliphatic rings. The average molecular weight is 278 g/mol. The number of benzene rings is 1. The quantitative estimate of drug-likeness (QED) is 0.822. The highest BCUT2D eigenvalue weighted by Gasteiger charge is 2.32. The first-order valence-electron chi connectivity index (χ1n) is 7.55. The fourth-order valence-corrected chi connectivity index (χ4v) is 2.43. The van der Waals surface area contributed by atoms with E-state index >= 15 is 0 Å². The van der Waals surface area contributed by atoms with E-state index in [4.69, 9.17) is 14.2 Å². The van der Waals surface area contributed by atoms with E-state index in [2.05, 4.69) is 39.8 Å². The molecule has 0 saturated carbocycles. The predicted octanol–water partition coefficient (Wildman–Crippen LogP) is 3.69. The number of hydrogen-bond donors (Lipinski definition) is 0. The van der Waals surface area contributed by atoms with Crippen molar-refractivity contribution >= 4 is 0 Å². The van der Waals surface area contributed by atoms with E-state index in [0.717, 1.165) is 6.42 Å². The summed E-state index contributed by atoms with van der Waals surface area (Å²) in [6.45, 7) is 9.72. The summed E-state index contributed by atoms with van der Waals surface area (Å²) in [7, 11) is 0. The van der Waals surface area contributed by atoms with Crippen LogP contribution in [0, 0.1) is 12.8 Å². The van der Waals surface area contributed by atoms with E-state index in [-0.39, 0.29) is 18.5 Å². The largest absolute Gasteiger partial charge is 0.368 e. The van der Waals surface area contributed by atoms with Crippen LogP contribution in [-0.2, 0) is 20.8 Å². The van der Waals surface area contributed by atoms with Crippen LogP contribution in [-0.4, -0.2) is 25.1 Å². The molecule has 2 rings (SSSR count). The minimum Gasteiger partial charge on any atom is -0.368 e. The second kappa shape index (κ2) is 7.21. The maximum Gasteiger partial charge on any atom is 0.160 e. The summed E-state index contributed by atoms with van der Waals surface area (Å²) in [5, 5.41) is 0. The van der Waals surface area contributed by atoms with E-state index in [9.17, 15) is 0 Å². The summed E-state index contributed by atoms with van der Waals surface area (Å²) in [5.74, 6) is 0.376. The summed E-state index contributed by atoms with van der Waals surface area (Å²) in [6, 6.07) is 8.32. The topological polar surface area (TPSA) is 27.7 Å². The molecule has 0 amide bonds. The molecule has 0 spiro atoms. The molecule has 3 atom stereocenters. The van der Waals surface area contributed by atoms with Gasteiger partial charge in [-0.15, -0.1) is 0 Å². The lowest BCUT2D eigenvalue weighted by molar-refractivity contribution is -0.276. The molecule has 1 aromatic rings. The van der Waals surface area contributed by atoms with Crippen LogP contribution in [0.1, 0.15) is 38.3 Å². The lowest BCUT2D eigenvalue weighted by atomic mass is 10.1. The molecule has 1 aliphatic heterocycles. The van der Waals surface area contributed by atoms with Crippen molar-refractivity contribution in [1.29, 1.82) is 0 Å². The summed E-state index contributed by atoms with van der Waals surface area (Å²) in [6.07, 6.45) is 0.999. The van der Waals surface area contributed by atoms with Crippen molar-refractivity contribution in [1.82, 2.24) is 0 Å². The van der Waals surface area contributed by atoms with Crippen LogP contribution in [0.15, 0.2) is 24.3 Å².